The molecule has 92 valence electrons. The molecule has 0 heterocycles. The van der Waals surface area contributed by atoms with E-state index in [4.69, 9.17) is 4.74 Å². The normalized spacial score (nSPS) is 10.1. The predicted molar refractivity (Wildman–Crippen MR) is 74.7 cm³/mol. The molecule has 0 saturated heterocycles. The van der Waals surface area contributed by atoms with E-state index >= 15 is 0 Å². The van der Waals surface area contributed by atoms with E-state index in [1.165, 1.54) is 0 Å². The maximum Gasteiger partial charge on any atom is 0.315 e. The SMILES string of the molecule is Cc1ccccc1CC(=O)Oc1ccc(Br)cc1. The van der Waals surface area contributed by atoms with Crippen molar-refractivity contribution >= 4 is 21.9 Å². The van der Waals surface area contributed by atoms with Gasteiger partial charge in [-0.3, -0.25) is 4.79 Å². The molecule has 2 aromatic rings. The van der Waals surface area contributed by atoms with Crippen molar-refractivity contribution in [2.24, 2.45) is 0 Å². The summed E-state index contributed by atoms with van der Waals surface area (Å²) in [6, 6.07) is 15.0. The van der Waals surface area contributed by atoms with Gasteiger partial charge in [-0.15, -0.1) is 0 Å². The molecule has 0 amide bonds. The van der Waals surface area contributed by atoms with Gasteiger partial charge in [0.05, 0.1) is 6.42 Å². The number of hydrogen-bond donors (Lipinski definition) is 0. The first kappa shape index (κ1) is 12.8. The smallest absolute Gasteiger partial charge is 0.315 e. The first-order valence-electron chi connectivity index (χ1n) is 5.66. The third-order valence-electron chi connectivity index (χ3n) is 2.64. The zero-order valence-electron chi connectivity index (χ0n) is 10.0. The van der Waals surface area contributed by atoms with Crippen LogP contribution in [-0.4, -0.2) is 5.97 Å². The van der Waals surface area contributed by atoms with Crippen LogP contribution in [0.25, 0.3) is 0 Å². The molecule has 2 rings (SSSR count). The number of benzene rings is 2. The average Bonchev–Trinajstić information content (AvgIpc) is 2.35. The van der Waals surface area contributed by atoms with Gasteiger partial charge in [-0.1, -0.05) is 40.2 Å². The van der Waals surface area contributed by atoms with Crippen LogP contribution in [-0.2, 0) is 11.2 Å². The van der Waals surface area contributed by atoms with Crippen molar-refractivity contribution in [3.63, 3.8) is 0 Å². The summed E-state index contributed by atoms with van der Waals surface area (Å²) < 4.78 is 6.23. The first-order chi connectivity index (χ1) is 8.65. The number of carbonyl (C=O) groups excluding carboxylic acids is 1. The van der Waals surface area contributed by atoms with Crippen molar-refractivity contribution in [3.05, 3.63) is 64.1 Å². The zero-order chi connectivity index (χ0) is 13.0. The molecule has 0 fully saturated rings. The Balaban J connectivity index is 2.01. The number of rotatable bonds is 3. The molecule has 2 aromatic carbocycles. The Bertz CT molecular complexity index is 547. The minimum atomic E-state index is -0.244. The van der Waals surface area contributed by atoms with E-state index in [9.17, 15) is 4.79 Å². The number of halogens is 1. The van der Waals surface area contributed by atoms with Crippen molar-refractivity contribution in [1.82, 2.24) is 0 Å². The highest BCUT2D eigenvalue weighted by molar-refractivity contribution is 9.10. The molecule has 0 radical (unpaired) electrons. The highest BCUT2D eigenvalue weighted by atomic mass is 79.9. The minimum absolute atomic E-state index is 0.244. The summed E-state index contributed by atoms with van der Waals surface area (Å²) in [5.41, 5.74) is 2.10. The second kappa shape index (κ2) is 5.83. The molecule has 3 heteroatoms. The van der Waals surface area contributed by atoms with Crippen LogP contribution in [0.5, 0.6) is 5.75 Å². The number of aryl methyl sites for hydroxylation is 1. The third-order valence-corrected chi connectivity index (χ3v) is 3.17. The van der Waals surface area contributed by atoms with Crippen LogP contribution in [0.4, 0.5) is 0 Å². The molecule has 0 unspecified atom stereocenters. The second-order valence-corrected chi connectivity index (χ2v) is 4.95. The van der Waals surface area contributed by atoms with E-state index in [-0.39, 0.29) is 5.97 Å². The van der Waals surface area contributed by atoms with Gasteiger partial charge >= 0.3 is 5.97 Å². The molecule has 0 spiro atoms. The topological polar surface area (TPSA) is 26.3 Å². The highest BCUT2D eigenvalue weighted by Crippen LogP contribution is 2.17. The molecular weight excluding hydrogens is 292 g/mol. The van der Waals surface area contributed by atoms with Crippen LogP contribution >= 0.6 is 15.9 Å². The van der Waals surface area contributed by atoms with Gasteiger partial charge < -0.3 is 4.74 Å². The lowest BCUT2D eigenvalue weighted by molar-refractivity contribution is -0.133. The Hall–Kier alpha value is -1.61. The largest absolute Gasteiger partial charge is 0.426 e. The quantitative estimate of drug-likeness (QED) is 0.635. The summed E-state index contributed by atoms with van der Waals surface area (Å²) in [4.78, 5) is 11.8. The molecule has 2 nitrogen and oxygen atoms in total. The Labute approximate surface area is 115 Å². The fraction of sp³-hybridized carbons (Fsp3) is 0.133. The maximum absolute atomic E-state index is 11.8. The summed E-state index contributed by atoms with van der Waals surface area (Å²) in [5.74, 6) is 0.323. The second-order valence-electron chi connectivity index (χ2n) is 4.03. The summed E-state index contributed by atoms with van der Waals surface area (Å²) in [7, 11) is 0. The number of carbonyl (C=O) groups is 1. The van der Waals surface area contributed by atoms with Gasteiger partial charge in [0.25, 0.3) is 0 Å². The molecule has 0 bridgehead atoms. The summed E-state index contributed by atoms with van der Waals surface area (Å²) in [6.45, 7) is 1.99. The van der Waals surface area contributed by atoms with E-state index < -0.39 is 0 Å². The van der Waals surface area contributed by atoms with E-state index in [1.807, 2.05) is 43.3 Å². The molecule has 0 aliphatic heterocycles. The van der Waals surface area contributed by atoms with Crippen molar-refractivity contribution in [2.45, 2.75) is 13.3 Å². The van der Waals surface area contributed by atoms with Gasteiger partial charge in [-0.05, 0) is 42.3 Å². The zero-order valence-corrected chi connectivity index (χ0v) is 11.6. The van der Waals surface area contributed by atoms with Gasteiger partial charge in [0, 0.05) is 4.47 Å². The van der Waals surface area contributed by atoms with E-state index in [1.54, 1.807) is 12.1 Å². The molecule has 0 aliphatic carbocycles. The van der Waals surface area contributed by atoms with Gasteiger partial charge in [0.1, 0.15) is 5.75 Å². The lowest BCUT2D eigenvalue weighted by Gasteiger charge is -2.06. The van der Waals surface area contributed by atoms with Crippen molar-refractivity contribution in [2.75, 3.05) is 0 Å². The lowest BCUT2D eigenvalue weighted by Crippen LogP contribution is -2.11. The Kier molecular flexibility index (Phi) is 4.15. The Morgan fingerprint density at radius 2 is 1.78 bits per heavy atom. The van der Waals surface area contributed by atoms with Crippen LogP contribution in [0.3, 0.4) is 0 Å². The predicted octanol–water partition coefficient (Wildman–Crippen LogP) is 3.91. The van der Waals surface area contributed by atoms with Gasteiger partial charge in [-0.2, -0.15) is 0 Å². The molecule has 0 atom stereocenters. The molecule has 0 saturated carbocycles. The Morgan fingerprint density at radius 3 is 2.44 bits per heavy atom. The van der Waals surface area contributed by atoms with Crippen LogP contribution in [0.1, 0.15) is 11.1 Å². The number of esters is 1. The van der Waals surface area contributed by atoms with Gasteiger partial charge in [-0.25, -0.2) is 0 Å². The van der Waals surface area contributed by atoms with Crippen molar-refractivity contribution < 1.29 is 9.53 Å². The Morgan fingerprint density at radius 1 is 1.11 bits per heavy atom. The molecule has 0 aliphatic rings. The molecule has 0 N–H and O–H groups in total. The van der Waals surface area contributed by atoms with Crippen LogP contribution in [0.15, 0.2) is 53.0 Å². The maximum atomic E-state index is 11.8. The summed E-state index contributed by atoms with van der Waals surface area (Å²) in [6.07, 6.45) is 0.294. The lowest BCUT2D eigenvalue weighted by atomic mass is 10.1. The highest BCUT2D eigenvalue weighted by Gasteiger charge is 2.07. The molecular formula is C15H13BrO2. The molecule has 18 heavy (non-hydrogen) atoms. The van der Waals surface area contributed by atoms with E-state index in [2.05, 4.69) is 15.9 Å². The van der Waals surface area contributed by atoms with E-state index in [0.29, 0.717) is 12.2 Å². The van der Waals surface area contributed by atoms with Crippen LogP contribution in [0.2, 0.25) is 0 Å². The number of ether oxygens (including phenoxy) is 1. The van der Waals surface area contributed by atoms with Crippen LogP contribution in [0, 0.1) is 6.92 Å². The average molecular weight is 305 g/mol. The van der Waals surface area contributed by atoms with E-state index in [0.717, 1.165) is 15.6 Å². The third kappa shape index (κ3) is 3.44. The standard InChI is InChI=1S/C15H13BrO2/c1-11-4-2-3-5-12(11)10-15(17)18-14-8-6-13(16)7-9-14/h2-9H,10H2,1H3. The van der Waals surface area contributed by atoms with Gasteiger partial charge in [0.15, 0.2) is 0 Å². The molecule has 0 aromatic heterocycles. The summed E-state index contributed by atoms with van der Waals surface area (Å²) >= 11 is 3.33. The van der Waals surface area contributed by atoms with Crippen molar-refractivity contribution in [3.8, 4) is 5.75 Å². The minimum Gasteiger partial charge on any atom is -0.426 e. The van der Waals surface area contributed by atoms with Crippen molar-refractivity contribution in [1.29, 1.82) is 0 Å². The monoisotopic (exact) mass is 304 g/mol. The van der Waals surface area contributed by atoms with Gasteiger partial charge in [0.2, 0.25) is 0 Å². The van der Waals surface area contributed by atoms with Crippen LogP contribution < -0.4 is 4.74 Å². The first-order valence-corrected chi connectivity index (χ1v) is 6.45. The summed E-state index contributed by atoms with van der Waals surface area (Å²) in [5, 5.41) is 0. The number of hydrogen-bond acceptors (Lipinski definition) is 2. The fourth-order valence-electron chi connectivity index (χ4n) is 1.63. The fourth-order valence-corrected chi connectivity index (χ4v) is 1.90.